The van der Waals surface area contributed by atoms with Gasteiger partial charge in [-0.25, -0.2) is 18.5 Å². The summed E-state index contributed by atoms with van der Waals surface area (Å²) >= 11 is 5.93. The van der Waals surface area contributed by atoms with E-state index in [1.165, 1.54) is 6.07 Å². The van der Waals surface area contributed by atoms with Gasteiger partial charge in [-0.05, 0) is 6.07 Å². The molecule has 2 heterocycles. The summed E-state index contributed by atoms with van der Waals surface area (Å²) < 4.78 is 33.4. The molecule has 0 radical (unpaired) electrons. The van der Waals surface area contributed by atoms with Gasteiger partial charge in [0.15, 0.2) is 0 Å². The molecular weight excluding hydrogens is 332 g/mol. The van der Waals surface area contributed by atoms with E-state index in [0.29, 0.717) is 26.2 Å². The quantitative estimate of drug-likeness (QED) is 0.744. The van der Waals surface area contributed by atoms with Crippen LogP contribution in [0.2, 0.25) is 5.02 Å². The molecule has 0 unspecified atom stereocenters. The standard InChI is InChI=1S/C12H15ClN4O4S/c13-11-5-10(22(15,18)19)6-16-12(11)21-8-9-7-17(2-1-14)3-4-20-9/h5-6,9H,2-4,7-8H2,(H2,15,18,19)/t9-/m1/s1. The van der Waals surface area contributed by atoms with Gasteiger partial charge in [0.05, 0.1) is 25.4 Å². The number of rotatable bonds is 5. The average Bonchev–Trinajstić information content (AvgIpc) is 2.46. The number of morpholine rings is 1. The number of hydrogen-bond acceptors (Lipinski definition) is 7. The highest BCUT2D eigenvalue weighted by atomic mass is 35.5. The van der Waals surface area contributed by atoms with E-state index in [1.807, 2.05) is 4.90 Å². The van der Waals surface area contributed by atoms with E-state index in [9.17, 15) is 8.42 Å². The van der Waals surface area contributed by atoms with Crippen LogP contribution in [0, 0.1) is 11.3 Å². The van der Waals surface area contributed by atoms with Crippen LogP contribution in [0.3, 0.4) is 0 Å². The monoisotopic (exact) mass is 346 g/mol. The summed E-state index contributed by atoms with van der Waals surface area (Å²) in [5.41, 5.74) is 0. The summed E-state index contributed by atoms with van der Waals surface area (Å²) in [6.07, 6.45) is 0.873. The molecular formula is C12H15ClN4O4S. The second-order valence-corrected chi connectivity index (χ2v) is 6.67. The van der Waals surface area contributed by atoms with E-state index in [0.717, 1.165) is 6.20 Å². The molecule has 0 aromatic carbocycles. The van der Waals surface area contributed by atoms with E-state index >= 15 is 0 Å². The van der Waals surface area contributed by atoms with E-state index in [4.69, 9.17) is 31.5 Å². The van der Waals surface area contributed by atoms with Crippen molar-refractivity contribution in [2.75, 3.05) is 32.8 Å². The van der Waals surface area contributed by atoms with Gasteiger partial charge in [0, 0.05) is 13.1 Å². The molecule has 1 aliphatic rings. The van der Waals surface area contributed by atoms with Crippen LogP contribution in [0.5, 0.6) is 5.88 Å². The Hall–Kier alpha value is -1.44. The fourth-order valence-electron chi connectivity index (χ4n) is 1.97. The first kappa shape index (κ1) is 16.9. The molecule has 2 rings (SSSR count). The minimum absolute atomic E-state index is 0.0521. The van der Waals surface area contributed by atoms with Crippen LogP contribution in [-0.2, 0) is 14.8 Å². The molecule has 1 saturated heterocycles. The molecule has 8 nitrogen and oxygen atoms in total. The number of ether oxygens (including phenoxy) is 2. The number of hydrogen-bond donors (Lipinski definition) is 1. The third-order valence-electron chi connectivity index (χ3n) is 3.03. The van der Waals surface area contributed by atoms with Gasteiger partial charge < -0.3 is 9.47 Å². The van der Waals surface area contributed by atoms with E-state index in [-0.39, 0.29) is 28.5 Å². The van der Waals surface area contributed by atoms with Crippen LogP contribution in [0.4, 0.5) is 0 Å². The molecule has 0 amide bonds. The average molecular weight is 347 g/mol. The van der Waals surface area contributed by atoms with Crippen molar-refractivity contribution in [2.24, 2.45) is 5.14 Å². The number of pyridine rings is 1. The maximum Gasteiger partial charge on any atom is 0.239 e. The zero-order chi connectivity index (χ0) is 16.2. The summed E-state index contributed by atoms with van der Waals surface area (Å²) in [5, 5.41) is 13.7. The van der Waals surface area contributed by atoms with Gasteiger partial charge in [0.25, 0.3) is 0 Å². The Labute approximate surface area is 133 Å². The highest BCUT2D eigenvalue weighted by molar-refractivity contribution is 7.89. The molecule has 0 spiro atoms. The minimum atomic E-state index is -3.86. The van der Waals surface area contributed by atoms with Crippen molar-refractivity contribution in [3.63, 3.8) is 0 Å². The second-order valence-electron chi connectivity index (χ2n) is 4.70. The molecule has 1 aromatic rings. The highest BCUT2D eigenvalue weighted by Crippen LogP contribution is 2.24. The van der Waals surface area contributed by atoms with Crippen molar-refractivity contribution < 1.29 is 17.9 Å². The maximum atomic E-state index is 11.2. The molecule has 0 bridgehead atoms. The van der Waals surface area contributed by atoms with Crippen LogP contribution >= 0.6 is 11.6 Å². The van der Waals surface area contributed by atoms with Gasteiger partial charge in [-0.3, -0.25) is 4.90 Å². The lowest BCUT2D eigenvalue weighted by molar-refractivity contribution is -0.0448. The second kappa shape index (κ2) is 7.21. The third-order valence-corrected chi connectivity index (χ3v) is 4.19. The number of sulfonamides is 1. The first-order valence-electron chi connectivity index (χ1n) is 6.42. The lowest BCUT2D eigenvalue weighted by Gasteiger charge is -2.30. The first-order chi connectivity index (χ1) is 10.4. The molecule has 10 heteroatoms. The first-order valence-corrected chi connectivity index (χ1v) is 8.34. The Balaban J connectivity index is 1.96. The zero-order valence-electron chi connectivity index (χ0n) is 11.6. The topological polar surface area (TPSA) is 119 Å². The smallest absolute Gasteiger partial charge is 0.239 e. The molecule has 0 saturated carbocycles. The lowest BCUT2D eigenvalue weighted by atomic mass is 10.3. The van der Waals surface area contributed by atoms with E-state index in [1.54, 1.807) is 0 Å². The number of nitrogens with two attached hydrogens (primary N) is 1. The third kappa shape index (κ3) is 4.53. The number of primary sulfonamides is 1. The maximum absolute atomic E-state index is 11.2. The van der Waals surface area contributed by atoms with E-state index < -0.39 is 10.0 Å². The van der Waals surface area contributed by atoms with Crippen molar-refractivity contribution in [2.45, 2.75) is 11.0 Å². The number of nitriles is 1. The largest absolute Gasteiger partial charge is 0.474 e. The summed E-state index contributed by atoms with van der Waals surface area (Å²) in [4.78, 5) is 5.62. The van der Waals surface area contributed by atoms with Crippen molar-refractivity contribution in [1.29, 1.82) is 5.26 Å². The Morgan fingerprint density at radius 1 is 1.64 bits per heavy atom. The Morgan fingerprint density at radius 2 is 2.41 bits per heavy atom. The molecule has 120 valence electrons. The zero-order valence-corrected chi connectivity index (χ0v) is 13.2. The van der Waals surface area contributed by atoms with Gasteiger partial charge in [0.1, 0.15) is 22.6 Å². The summed E-state index contributed by atoms with van der Waals surface area (Å²) in [6, 6.07) is 3.27. The Bertz CT molecular complexity index is 676. The van der Waals surface area contributed by atoms with Crippen LogP contribution in [-0.4, -0.2) is 57.3 Å². The van der Waals surface area contributed by atoms with Gasteiger partial charge in [-0.1, -0.05) is 11.6 Å². The van der Waals surface area contributed by atoms with Crippen molar-refractivity contribution >= 4 is 21.6 Å². The molecule has 1 aliphatic heterocycles. The lowest BCUT2D eigenvalue weighted by Crippen LogP contribution is -2.45. The molecule has 0 aliphatic carbocycles. The minimum Gasteiger partial charge on any atom is -0.474 e. The molecule has 1 fully saturated rings. The number of aromatic nitrogens is 1. The number of halogens is 1. The van der Waals surface area contributed by atoms with Gasteiger partial charge in [0.2, 0.25) is 15.9 Å². The van der Waals surface area contributed by atoms with Crippen LogP contribution in [0.1, 0.15) is 0 Å². The van der Waals surface area contributed by atoms with Crippen molar-refractivity contribution in [3.05, 3.63) is 17.3 Å². The SMILES string of the molecule is N#CCN1CCO[C@@H](COc2ncc(S(N)(=O)=O)cc2Cl)C1. The molecule has 22 heavy (non-hydrogen) atoms. The predicted molar refractivity (Wildman–Crippen MR) is 77.9 cm³/mol. The fraction of sp³-hybridized carbons (Fsp3) is 0.500. The number of nitrogens with zero attached hydrogens (tertiary/aromatic N) is 3. The van der Waals surface area contributed by atoms with E-state index in [2.05, 4.69) is 11.1 Å². The fourth-order valence-corrected chi connectivity index (χ4v) is 2.73. The van der Waals surface area contributed by atoms with Crippen molar-refractivity contribution in [3.8, 4) is 11.9 Å². The van der Waals surface area contributed by atoms with Crippen LogP contribution in [0.25, 0.3) is 0 Å². The molecule has 1 atom stereocenters. The summed E-state index contributed by atoms with van der Waals surface area (Å²) in [7, 11) is -3.86. The normalized spacial score (nSPS) is 19.6. The highest BCUT2D eigenvalue weighted by Gasteiger charge is 2.21. The van der Waals surface area contributed by atoms with Gasteiger partial charge in [-0.2, -0.15) is 5.26 Å². The van der Waals surface area contributed by atoms with Gasteiger partial charge >= 0.3 is 0 Å². The van der Waals surface area contributed by atoms with Crippen molar-refractivity contribution in [1.82, 2.24) is 9.88 Å². The molecule has 2 N–H and O–H groups in total. The van der Waals surface area contributed by atoms with Crippen LogP contribution in [0.15, 0.2) is 17.2 Å². The van der Waals surface area contributed by atoms with Crippen LogP contribution < -0.4 is 9.88 Å². The summed E-state index contributed by atoms with van der Waals surface area (Å²) in [5.74, 6) is 0.107. The summed E-state index contributed by atoms with van der Waals surface area (Å²) in [6.45, 7) is 2.32. The Kier molecular flexibility index (Phi) is 5.55. The Morgan fingerprint density at radius 3 is 3.05 bits per heavy atom. The molecule has 1 aromatic heterocycles. The van der Waals surface area contributed by atoms with Gasteiger partial charge in [-0.15, -0.1) is 0 Å². The predicted octanol–water partition coefficient (Wildman–Crippen LogP) is -0.0144.